The van der Waals surface area contributed by atoms with E-state index in [2.05, 4.69) is 105 Å². The van der Waals surface area contributed by atoms with Gasteiger partial charge in [0.2, 0.25) is 0 Å². The highest BCUT2D eigenvalue weighted by Crippen LogP contribution is 2.54. The van der Waals surface area contributed by atoms with E-state index >= 15 is 0 Å². The molecule has 0 aliphatic carbocycles. The molecule has 0 unspecified atom stereocenters. The molecule has 5 heteroatoms. The molecule has 3 rings (SSSR count). The van der Waals surface area contributed by atoms with E-state index < -0.39 is 14.1 Å². The predicted octanol–water partition coefficient (Wildman–Crippen LogP) is 4.90. The highest BCUT2D eigenvalue weighted by atomic mass is 35.5. The molecule has 0 bridgehead atoms. The molecule has 0 saturated heterocycles. The van der Waals surface area contributed by atoms with Crippen molar-refractivity contribution in [1.29, 1.82) is 0 Å². The zero-order chi connectivity index (χ0) is 20.4. The number of hydrogen-bond acceptors (Lipinski definition) is 2. The summed E-state index contributed by atoms with van der Waals surface area (Å²) >= 11 is 14.0. The van der Waals surface area contributed by atoms with Crippen molar-refractivity contribution in [1.82, 2.24) is 0 Å². The molecular weight excluding hydrogens is 417 g/mol. The Balaban J connectivity index is 2.21. The maximum Gasteiger partial charge on any atom is 0.110 e. The number of para-hydroxylation sites is 1. The molecule has 0 N–H and O–H groups in total. The number of anilines is 1. The van der Waals surface area contributed by atoms with E-state index in [1.54, 1.807) is 0 Å². The lowest BCUT2D eigenvalue weighted by Crippen LogP contribution is -2.53. The predicted molar refractivity (Wildman–Crippen MR) is 134 cm³/mol. The van der Waals surface area contributed by atoms with Crippen LogP contribution in [0.2, 0.25) is 13.1 Å². The standard InChI is InChI=1S/C23H27ClNPSSi/c1-25(2)21-17-11-12-18-22(21)28(3,4)23(24)26(27,19-13-7-5-8-14-19)20-15-9-6-10-16-20/h5-18,23H,1-4H3/t23-/m1/s1. The lowest BCUT2D eigenvalue weighted by Gasteiger charge is -2.39. The first-order valence-corrected chi connectivity index (χ1v) is 15.8. The van der Waals surface area contributed by atoms with Crippen molar-refractivity contribution in [2.45, 2.75) is 17.8 Å². The minimum atomic E-state index is -2.21. The first kappa shape index (κ1) is 21.3. The van der Waals surface area contributed by atoms with E-state index in [4.69, 9.17) is 23.4 Å². The van der Waals surface area contributed by atoms with E-state index in [1.807, 2.05) is 12.1 Å². The molecule has 0 spiro atoms. The van der Waals surface area contributed by atoms with Crippen LogP contribution < -0.4 is 20.7 Å². The molecule has 3 aromatic carbocycles. The maximum absolute atomic E-state index is 7.45. The molecule has 146 valence electrons. The largest absolute Gasteiger partial charge is 0.378 e. The Morgan fingerprint density at radius 2 is 1.21 bits per heavy atom. The van der Waals surface area contributed by atoms with E-state index in [9.17, 15) is 0 Å². The molecule has 0 saturated carbocycles. The lowest BCUT2D eigenvalue weighted by molar-refractivity contribution is 1.14. The van der Waals surface area contributed by atoms with Gasteiger partial charge in [-0.15, -0.1) is 11.6 Å². The summed E-state index contributed by atoms with van der Waals surface area (Å²) in [5.74, 6) is 0. The lowest BCUT2D eigenvalue weighted by atomic mass is 10.3. The summed E-state index contributed by atoms with van der Waals surface area (Å²) in [4.78, 5) is 2.18. The van der Waals surface area contributed by atoms with Crippen LogP contribution in [0, 0.1) is 0 Å². The van der Waals surface area contributed by atoms with Crippen LogP contribution in [0.4, 0.5) is 5.69 Å². The smallest absolute Gasteiger partial charge is 0.110 e. The second kappa shape index (κ2) is 8.55. The molecule has 0 fully saturated rings. The third-order valence-corrected chi connectivity index (χ3v) is 19.5. The van der Waals surface area contributed by atoms with Gasteiger partial charge in [0.1, 0.15) is 8.07 Å². The molecule has 0 aliphatic heterocycles. The minimum absolute atomic E-state index is 0.0964. The van der Waals surface area contributed by atoms with Gasteiger partial charge in [-0.25, -0.2) is 0 Å². The Morgan fingerprint density at radius 3 is 1.68 bits per heavy atom. The summed E-state index contributed by atoms with van der Waals surface area (Å²) in [6, 6.07) is 27.4. The molecule has 0 amide bonds. The van der Waals surface area contributed by atoms with Crippen molar-refractivity contribution in [2.24, 2.45) is 0 Å². The van der Waals surface area contributed by atoms with Gasteiger partial charge in [-0.3, -0.25) is 0 Å². The molecule has 1 nitrogen and oxygen atoms in total. The summed E-state index contributed by atoms with van der Waals surface area (Å²) in [7, 11) is 2.07. The van der Waals surface area contributed by atoms with E-state index in [-0.39, 0.29) is 4.74 Å². The van der Waals surface area contributed by atoms with Crippen molar-refractivity contribution in [3.05, 3.63) is 84.9 Å². The molecule has 0 radical (unpaired) electrons. The van der Waals surface area contributed by atoms with E-state index in [0.717, 1.165) is 0 Å². The molecule has 28 heavy (non-hydrogen) atoms. The highest BCUT2D eigenvalue weighted by Gasteiger charge is 2.44. The normalized spacial score (nSPS) is 13.2. The van der Waals surface area contributed by atoms with Crippen molar-refractivity contribution < 1.29 is 0 Å². The Labute approximate surface area is 180 Å². The van der Waals surface area contributed by atoms with Crippen molar-refractivity contribution >= 4 is 59.0 Å². The SMILES string of the molecule is CN(C)c1ccccc1[Si](C)(C)[C@H](Cl)P(=S)(c1ccccc1)c1ccccc1. The summed E-state index contributed by atoms with van der Waals surface area (Å²) in [5.41, 5.74) is 1.24. The van der Waals surface area contributed by atoms with Crippen molar-refractivity contribution in [2.75, 3.05) is 19.0 Å². The first-order valence-electron chi connectivity index (χ1n) is 9.41. The van der Waals surface area contributed by atoms with Gasteiger partial charge in [0.15, 0.2) is 0 Å². The van der Waals surface area contributed by atoms with Gasteiger partial charge in [-0.05, 0) is 21.9 Å². The molecule has 0 aliphatic rings. The minimum Gasteiger partial charge on any atom is -0.378 e. The monoisotopic (exact) mass is 443 g/mol. The number of benzene rings is 3. The van der Waals surface area contributed by atoms with Crippen molar-refractivity contribution in [3.8, 4) is 0 Å². The van der Waals surface area contributed by atoms with Gasteiger partial charge in [-0.2, -0.15) is 0 Å². The van der Waals surface area contributed by atoms with Gasteiger partial charge >= 0.3 is 0 Å². The second-order valence-electron chi connectivity index (χ2n) is 7.80. The summed E-state index contributed by atoms with van der Waals surface area (Å²) in [6.45, 7) is 4.72. The first-order chi connectivity index (χ1) is 13.3. The fourth-order valence-electron chi connectivity index (χ4n) is 3.70. The fourth-order valence-corrected chi connectivity index (χ4v) is 16.6. The summed E-state index contributed by atoms with van der Waals surface area (Å²) in [6.07, 6.45) is 0. The van der Waals surface area contributed by atoms with E-state index in [1.165, 1.54) is 21.5 Å². The van der Waals surface area contributed by atoms with Crippen LogP contribution in [-0.2, 0) is 11.8 Å². The molecule has 0 aromatic heterocycles. The fraction of sp³-hybridized carbons (Fsp3) is 0.217. The molecular formula is C23H27ClNPSSi. The second-order valence-corrected chi connectivity index (χ2v) is 18.5. The third-order valence-electron chi connectivity index (χ3n) is 5.27. The Morgan fingerprint density at radius 1 is 0.786 bits per heavy atom. The third kappa shape index (κ3) is 3.86. The molecule has 1 atom stereocenters. The topological polar surface area (TPSA) is 3.24 Å². The number of alkyl halides is 1. The number of halogens is 1. The van der Waals surface area contributed by atoms with Crippen molar-refractivity contribution in [3.63, 3.8) is 0 Å². The van der Waals surface area contributed by atoms with Crippen LogP contribution in [0.3, 0.4) is 0 Å². The Hall–Kier alpha value is -1.38. The number of rotatable bonds is 6. The van der Waals surface area contributed by atoms with Crippen LogP contribution >= 0.6 is 17.6 Å². The van der Waals surface area contributed by atoms with Crippen LogP contribution in [0.15, 0.2) is 84.9 Å². The summed E-state index contributed by atoms with van der Waals surface area (Å²) in [5, 5.41) is 3.75. The zero-order valence-electron chi connectivity index (χ0n) is 16.8. The van der Waals surface area contributed by atoms with Gasteiger partial charge < -0.3 is 4.90 Å². The average molecular weight is 444 g/mol. The van der Waals surface area contributed by atoms with Crippen LogP contribution in [-0.4, -0.2) is 26.9 Å². The number of hydrogen-bond donors (Lipinski definition) is 0. The van der Waals surface area contributed by atoms with Crippen LogP contribution in [0.5, 0.6) is 0 Å². The number of nitrogens with zero attached hydrogens (tertiary/aromatic N) is 1. The summed E-state index contributed by atoms with van der Waals surface area (Å²) < 4.78 is -0.0964. The molecule has 0 heterocycles. The maximum atomic E-state index is 7.45. The van der Waals surface area contributed by atoms with Gasteiger partial charge in [-0.1, -0.05) is 104 Å². The van der Waals surface area contributed by atoms with Gasteiger partial charge in [0, 0.05) is 25.8 Å². The molecule has 3 aromatic rings. The average Bonchev–Trinajstić information content (AvgIpc) is 2.73. The van der Waals surface area contributed by atoms with Gasteiger partial charge in [0.05, 0.1) is 4.74 Å². The van der Waals surface area contributed by atoms with Gasteiger partial charge in [0.25, 0.3) is 0 Å². The van der Waals surface area contributed by atoms with Crippen LogP contribution in [0.1, 0.15) is 0 Å². The Kier molecular flexibility index (Phi) is 6.51. The quantitative estimate of drug-likeness (QED) is 0.303. The zero-order valence-corrected chi connectivity index (χ0v) is 20.3. The van der Waals surface area contributed by atoms with Crippen LogP contribution in [0.25, 0.3) is 0 Å². The Bertz CT molecular complexity index is 933. The highest BCUT2D eigenvalue weighted by molar-refractivity contribution is 8.23. The van der Waals surface area contributed by atoms with E-state index in [0.29, 0.717) is 0 Å².